The van der Waals surface area contributed by atoms with Gasteiger partial charge in [-0.25, -0.2) is 9.59 Å². The van der Waals surface area contributed by atoms with E-state index in [4.69, 9.17) is 9.47 Å². The zero-order valence-corrected chi connectivity index (χ0v) is 12.1. The molecule has 1 aromatic rings. The van der Waals surface area contributed by atoms with Gasteiger partial charge in [-0.15, -0.1) is 0 Å². The third-order valence-electron chi connectivity index (χ3n) is 2.88. The highest BCUT2D eigenvalue weighted by Gasteiger charge is 2.21. The van der Waals surface area contributed by atoms with Gasteiger partial charge in [0.15, 0.2) is 0 Å². The van der Waals surface area contributed by atoms with Crippen molar-refractivity contribution in [3.05, 3.63) is 41.0 Å². The second-order valence-corrected chi connectivity index (χ2v) is 5.81. The minimum atomic E-state index is -0.508. The standard InChI is InChI=1S/C16H18O4/c1-10(7-14(17)20-16(2,3)4)11-5-6-13-12(8-11)9-19-15(13)18/h5-8H,9H2,1-4H3/b10-7+. The van der Waals surface area contributed by atoms with Crippen molar-refractivity contribution in [1.82, 2.24) is 0 Å². The third kappa shape index (κ3) is 3.26. The first-order valence-electron chi connectivity index (χ1n) is 6.48. The number of cyclic esters (lactones) is 1. The van der Waals surface area contributed by atoms with E-state index in [1.165, 1.54) is 6.08 Å². The Balaban J connectivity index is 2.20. The molecule has 1 heterocycles. The zero-order valence-electron chi connectivity index (χ0n) is 12.1. The fourth-order valence-corrected chi connectivity index (χ4v) is 1.97. The second kappa shape index (κ2) is 5.12. The molecule has 0 bridgehead atoms. The maximum absolute atomic E-state index is 11.8. The van der Waals surface area contributed by atoms with Gasteiger partial charge in [-0.3, -0.25) is 0 Å². The van der Waals surface area contributed by atoms with Gasteiger partial charge in [-0.1, -0.05) is 6.07 Å². The van der Waals surface area contributed by atoms with E-state index in [2.05, 4.69) is 0 Å². The number of carbonyl (C=O) groups is 2. The number of ether oxygens (including phenoxy) is 2. The van der Waals surface area contributed by atoms with Gasteiger partial charge >= 0.3 is 11.9 Å². The molecule has 0 amide bonds. The van der Waals surface area contributed by atoms with E-state index >= 15 is 0 Å². The van der Waals surface area contributed by atoms with Crippen LogP contribution in [0, 0.1) is 0 Å². The zero-order chi connectivity index (χ0) is 14.9. The molecule has 2 rings (SSSR count). The van der Waals surface area contributed by atoms with Crippen LogP contribution in [0.2, 0.25) is 0 Å². The van der Waals surface area contributed by atoms with Crippen LogP contribution in [0.25, 0.3) is 5.57 Å². The number of rotatable bonds is 2. The van der Waals surface area contributed by atoms with Crippen LogP contribution in [0.15, 0.2) is 24.3 Å². The molecule has 20 heavy (non-hydrogen) atoms. The summed E-state index contributed by atoms with van der Waals surface area (Å²) in [5.41, 5.74) is 2.61. The van der Waals surface area contributed by atoms with Gasteiger partial charge < -0.3 is 9.47 Å². The average molecular weight is 274 g/mol. The second-order valence-electron chi connectivity index (χ2n) is 5.81. The summed E-state index contributed by atoms with van der Waals surface area (Å²) in [6, 6.07) is 5.41. The average Bonchev–Trinajstić information content (AvgIpc) is 2.68. The van der Waals surface area contributed by atoms with Crippen molar-refractivity contribution in [2.24, 2.45) is 0 Å². The lowest BCUT2D eigenvalue weighted by atomic mass is 10.0. The summed E-state index contributed by atoms with van der Waals surface area (Å²) in [7, 11) is 0. The van der Waals surface area contributed by atoms with Crippen LogP contribution in [0.5, 0.6) is 0 Å². The molecule has 4 nitrogen and oxygen atoms in total. The molecule has 4 heteroatoms. The highest BCUT2D eigenvalue weighted by molar-refractivity contribution is 5.95. The Bertz CT molecular complexity index is 591. The number of fused-ring (bicyclic) bond motifs is 1. The first-order valence-corrected chi connectivity index (χ1v) is 6.48. The van der Waals surface area contributed by atoms with E-state index in [0.717, 1.165) is 16.7 Å². The van der Waals surface area contributed by atoms with E-state index in [9.17, 15) is 9.59 Å². The molecule has 0 unspecified atom stereocenters. The number of hydrogen-bond acceptors (Lipinski definition) is 4. The number of carbonyl (C=O) groups excluding carboxylic acids is 2. The number of esters is 2. The summed E-state index contributed by atoms with van der Waals surface area (Å²) in [4.78, 5) is 23.1. The molecule has 0 aliphatic carbocycles. The fourth-order valence-electron chi connectivity index (χ4n) is 1.97. The van der Waals surface area contributed by atoms with Crippen molar-refractivity contribution in [2.45, 2.75) is 39.9 Å². The number of hydrogen-bond donors (Lipinski definition) is 0. The topological polar surface area (TPSA) is 52.6 Å². The van der Waals surface area contributed by atoms with Crippen molar-refractivity contribution in [3.8, 4) is 0 Å². The fraction of sp³-hybridized carbons (Fsp3) is 0.375. The van der Waals surface area contributed by atoms with E-state index in [1.54, 1.807) is 6.07 Å². The summed E-state index contributed by atoms with van der Waals surface area (Å²) in [5, 5.41) is 0. The van der Waals surface area contributed by atoms with Gasteiger partial charge in [0.2, 0.25) is 0 Å². The minimum absolute atomic E-state index is 0.291. The molecule has 0 aromatic heterocycles. The van der Waals surface area contributed by atoms with Crippen molar-refractivity contribution in [3.63, 3.8) is 0 Å². The SMILES string of the molecule is C/C(=C\C(=O)OC(C)(C)C)c1ccc2c(c1)COC2=O. The minimum Gasteiger partial charge on any atom is -0.457 e. The third-order valence-corrected chi connectivity index (χ3v) is 2.88. The van der Waals surface area contributed by atoms with Crippen LogP contribution in [0.1, 0.15) is 49.2 Å². The lowest BCUT2D eigenvalue weighted by Crippen LogP contribution is -2.22. The monoisotopic (exact) mass is 274 g/mol. The van der Waals surface area contributed by atoms with Crippen LogP contribution in [-0.2, 0) is 20.9 Å². The van der Waals surface area contributed by atoms with Gasteiger partial charge in [-0.05, 0) is 51.0 Å². The molecule has 1 aliphatic heterocycles. The van der Waals surface area contributed by atoms with Crippen LogP contribution in [0.3, 0.4) is 0 Å². The quantitative estimate of drug-likeness (QED) is 0.614. The lowest BCUT2D eigenvalue weighted by Gasteiger charge is -2.18. The molecule has 106 valence electrons. The Kier molecular flexibility index (Phi) is 3.66. The molecule has 0 N–H and O–H groups in total. The normalized spacial score (nSPS) is 14.8. The molecule has 1 aliphatic rings. The molecule has 0 spiro atoms. The van der Waals surface area contributed by atoms with Gasteiger partial charge in [0.05, 0.1) is 5.56 Å². The molecule has 0 atom stereocenters. The predicted octanol–water partition coefficient (Wildman–Crippen LogP) is 3.10. The summed E-state index contributed by atoms with van der Waals surface area (Å²) >= 11 is 0. The predicted molar refractivity (Wildman–Crippen MR) is 75.1 cm³/mol. The van der Waals surface area contributed by atoms with E-state index in [1.807, 2.05) is 39.8 Å². The van der Waals surface area contributed by atoms with E-state index < -0.39 is 5.60 Å². The molecule has 0 fully saturated rings. The largest absolute Gasteiger partial charge is 0.457 e. The summed E-state index contributed by atoms with van der Waals surface area (Å²) in [6.45, 7) is 7.61. The van der Waals surface area contributed by atoms with Crippen molar-refractivity contribution < 1.29 is 19.1 Å². The molecule has 0 radical (unpaired) electrons. The Morgan fingerprint density at radius 1 is 1.35 bits per heavy atom. The Hall–Kier alpha value is -2.10. The van der Waals surface area contributed by atoms with Gasteiger partial charge in [-0.2, -0.15) is 0 Å². The first-order chi connectivity index (χ1) is 9.26. The lowest BCUT2D eigenvalue weighted by molar-refractivity contribution is -0.148. The molecule has 0 saturated carbocycles. The maximum Gasteiger partial charge on any atom is 0.338 e. The molecule has 1 aromatic carbocycles. The van der Waals surface area contributed by atoms with Crippen molar-refractivity contribution in [1.29, 1.82) is 0 Å². The molecule has 0 saturated heterocycles. The Labute approximate surface area is 118 Å². The maximum atomic E-state index is 11.8. The van der Waals surface area contributed by atoms with Gasteiger partial charge in [0.25, 0.3) is 0 Å². The molecular formula is C16H18O4. The van der Waals surface area contributed by atoms with Gasteiger partial charge in [0, 0.05) is 11.6 Å². The summed E-state index contributed by atoms with van der Waals surface area (Å²) < 4.78 is 10.2. The van der Waals surface area contributed by atoms with Crippen LogP contribution >= 0.6 is 0 Å². The van der Waals surface area contributed by atoms with Gasteiger partial charge in [0.1, 0.15) is 12.2 Å². The highest BCUT2D eigenvalue weighted by Crippen LogP contribution is 2.24. The Morgan fingerprint density at radius 2 is 2.05 bits per heavy atom. The van der Waals surface area contributed by atoms with E-state index in [-0.39, 0.29) is 11.9 Å². The van der Waals surface area contributed by atoms with Crippen LogP contribution in [-0.4, -0.2) is 17.5 Å². The Morgan fingerprint density at radius 3 is 2.70 bits per heavy atom. The smallest absolute Gasteiger partial charge is 0.338 e. The van der Waals surface area contributed by atoms with Crippen LogP contribution < -0.4 is 0 Å². The van der Waals surface area contributed by atoms with Crippen molar-refractivity contribution >= 4 is 17.5 Å². The first kappa shape index (κ1) is 14.3. The molecular weight excluding hydrogens is 256 g/mol. The highest BCUT2D eigenvalue weighted by atomic mass is 16.6. The summed E-state index contributed by atoms with van der Waals surface area (Å²) in [6.07, 6.45) is 1.46. The number of allylic oxidation sites excluding steroid dienone is 1. The van der Waals surface area contributed by atoms with Crippen LogP contribution in [0.4, 0.5) is 0 Å². The van der Waals surface area contributed by atoms with E-state index in [0.29, 0.717) is 12.2 Å². The van der Waals surface area contributed by atoms with Crippen molar-refractivity contribution in [2.75, 3.05) is 0 Å². The summed E-state index contributed by atoms with van der Waals surface area (Å²) in [5.74, 6) is -0.664. The number of benzene rings is 1.